The van der Waals surface area contributed by atoms with Gasteiger partial charge in [0, 0.05) is 44.3 Å². The molecule has 10 rings (SSSR count). The van der Waals surface area contributed by atoms with Gasteiger partial charge in [0.25, 0.3) is 0 Å². The van der Waals surface area contributed by atoms with Gasteiger partial charge in [0.2, 0.25) is 0 Å². The Labute approximate surface area is 271 Å². The van der Waals surface area contributed by atoms with Crippen molar-refractivity contribution in [1.82, 2.24) is 14.5 Å². The zero-order chi connectivity index (χ0) is 31.3. The van der Waals surface area contributed by atoms with Gasteiger partial charge in [-0.3, -0.25) is 4.57 Å². The van der Waals surface area contributed by atoms with Gasteiger partial charge in [-0.15, -0.1) is 0 Å². The summed E-state index contributed by atoms with van der Waals surface area (Å²) < 4.78 is 9.24. The molecule has 1 aliphatic rings. The number of para-hydroxylation sites is 2. The Morgan fingerprint density at radius 1 is 0.617 bits per heavy atom. The molecular formula is C43H29N3O. The molecule has 0 amide bonds. The third-order valence-corrected chi connectivity index (χ3v) is 9.97. The smallest absolute Gasteiger partial charge is 0.162 e. The minimum Gasteiger partial charge on any atom is -0.455 e. The van der Waals surface area contributed by atoms with E-state index in [0.717, 1.165) is 55.6 Å². The van der Waals surface area contributed by atoms with Crippen molar-refractivity contribution in [3.63, 3.8) is 0 Å². The molecule has 0 aliphatic heterocycles. The Morgan fingerprint density at radius 3 is 2.09 bits per heavy atom. The summed E-state index contributed by atoms with van der Waals surface area (Å²) in [6.45, 7) is 4.70. The number of aromatic nitrogens is 3. The molecule has 3 aromatic heterocycles. The molecule has 0 atom stereocenters. The van der Waals surface area contributed by atoms with Crippen LogP contribution in [0.4, 0.5) is 0 Å². The summed E-state index contributed by atoms with van der Waals surface area (Å²) in [6.07, 6.45) is 0. The van der Waals surface area contributed by atoms with Gasteiger partial charge in [0.1, 0.15) is 17.0 Å². The van der Waals surface area contributed by atoms with E-state index in [0.29, 0.717) is 5.82 Å². The van der Waals surface area contributed by atoms with E-state index in [2.05, 4.69) is 134 Å². The fraction of sp³-hybridized carbons (Fsp3) is 0.0698. The molecule has 0 radical (unpaired) electrons. The lowest BCUT2D eigenvalue weighted by Gasteiger charge is -2.23. The standard InChI is InChI=1S/C43H29N3O/c1-43(2)31-22-12-9-19-28(31)37-39(43)36-29-20-10-13-23-33(29)46(40(36)38-30-21-11-14-24-34(30)47-41(37)38)35-25-32(26-15-5-3-6-16-26)44-42(45-35)27-17-7-4-8-18-27/h3-25H,1-2H3. The monoisotopic (exact) mass is 603 g/mol. The van der Waals surface area contributed by atoms with Gasteiger partial charge in [0.05, 0.1) is 22.1 Å². The molecule has 4 nitrogen and oxygen atoms in total. The van der Waals surface area contributed by atoms with Crippen molar-refractivity contribution >= 4 is 43.7 Å². The van der Waals surface area contributed by atoms with Crippen molar-refractivity contribution in [1.29, 1.82) is 0 Å². The van der Waals surface area contributed by atoms with E-state index in [9.17, 15) is 0 Å². The lowest BCUT2D eigenvalue weighted by Crippen LogP contribution is -2.15. The van der Waals surface area contributed by atoms with Crippen LogP contribution < -0.4 is 0 Å². The first-order valence-electron chi connectivity index (χ1n) is 16.1. The second-order valence-corrected chi connectivity index (χ2v) is 13.0. The summed E-state index contributed by atoms with van der Waals surface area (Å²) in [6, 6.07) is 48.8. The van der Waals surface area contributed by atoms with E-state index >= 15 is 0 Å². The Balaban J connectivity index is 1.44. The first-order valence-corrected chi connectivity index (χ1v) is 16.1. The average molecular weight is 604 g/mol. The molecule has 0 bridgehead atoms. The van der Waals surface area contributed by atoms with Crippen LogP contribution in [-0.4, -0.2) is 14.5 Å². The number of benzene rings is 6. The molecule has 6 aromatic carbocycles. The van der Waals surface area contributed by atoms with Crippen molar-refractivity contribution in [2.45, 2.75) is 19.3 Å². The van der Waals surface area contributed by atoms with Crippen LogP contribution in [0, 0.1) is 0 Å². The summed E-state index contributed by atoms with van der Waals surface area (Å²) in [7, 11) is 0. The number of hydrogen-bond acceptors (Lipinski definition) is 3. The van der Waals surface area contributed by atoms with Crippen LogP contribution in [0.15, 0.2) is 144 Å². The fourth-order valence-corrected chi connectivity index (χ4v) is 7.95. The normalized spacial score (nSPS) is 13.5. The SMILES string of the molecule is CC1(C)c2ccccc2-c2c1c1c3ccccc3n(-c3cc(-c4ccccc4)nc(-c4ccccc4)n3)c1c1c2oc2ccccc21. The van der Waals surface area contributed by atoms with E-state index in [1.165, 1.54) is 33.0 Å². The minimum absolute atomic E-state index is 0.248. The summed E-state index contributed by atoms with van der Waals surface area (Å²) in [4.78, 5) is 10.4. The summed E-state index contributed by atoms with van der Waals surface area (Å²) in [5.41, 5.74) is 11.7. The van der Waals surface area contributed by atoms with Gasteiger partial charge in [-0.25, -0.2) is 9.97 Å². The molecule has 0 unspecified atom stereocenters. The predicted octanol–water partition coefficient (Wildman–Crippen LogP) is 11.1. The van der Waals surface area contributed by atoms with Crippen LogP contribution in [0.25, 0.3) is 83.3 Å². The zero-order valence-electron chi connectivity index (χ0n) is 26.0. The highest BCUT2D eigenvalue weighted by Crippen LogP contribution is 2.57. The number of hydrogen-bond donors (Lipinski definition) is 0. The number of fused-ring (bicyclic) bond motifs is 12. The van der Waals surface area contributed by atoms with Crippen LogP contribution in [0.5, 0.6) is 0 Å². The van der Waals surface area contributed by atoms with Gasteiger partial charge in [-0.05, 0) is 28.8 Å². The molecule has 0 N–H and O–H groups in total. The maximum absolute atomic E-state index is 6.88. The largest absolute Gasteiger partial charge is 0.455 e. The maximum Gasteiger partial charge on any atom is 0.162 e. The molecule has 0 saturated carbocycles. The Kier molecular flexibility index (Phi) is 5.31. The van der Waals surface area contributed by atoms with Crippen molar-refractivity contribution in [2.75, 3.05) is 0 Å². The Hall–Kier alpha value is -6.00. The number of rotatable bonds is 3. The summed E-state index contributed by atoms with van der Waals surface area (Å²) in [5.74, 6) is 1.51. The second-order valence-electron chi connectivity index (χ2n) is 13.0. The zero-order valence-corrected chi connectivity index (χ0v) is 26.0. The van der Waals surface area contributed by atoms with E-state index in [-0.39, 0.29) is 5.41 Å². The van der Waals surface area contributed by atoms with Crippen LogP contribution in [0.3, 0.4) is 0 Å². The van der Waals surface area contributed by atoms with Gasteiger partial charge in [-0.1, -0.05) is 135 Å². The predicted molar refractivity (Wildman–Crippen MR) is 192 cm³/mol. The lowest BCUT2D eigenvalue weighted by molar-refractivity contribution is 0.658. The highest BCUT2D eigenvalue weighted by atomic mass is 16.3. The molecule has 3 heterocycles. The van der Waals surface area contributed by atoms with E-state index in [4.69, 9.17) is 14.4 Å². The van der Waals surface area contributed by atoms with Crippen LogP contribution in [0.2, 0.25) is 0 Å². The van der Waals surface area contributed by atoms with Gasteiger partial charge >= 0.3 is 0 Å². The average Bonchev–Trinajstić information content (AvgIpc) is 3.75. The third-order valence-electron chi connectivity index (χ3n) is 9.97. The molecule has 47 heavy (non-hydrogen) atoms. The molecule has 1 aliphatic carbocycles. The van der Waals surface area contributed by atoms with Crippen LogP contribution in [-0.2, 0) is 5.41 Å². The molecule has 0 fully saturated rings. The first-order chi connectivity index (χ1) is 23.1. The van der Waals surface area contributed by atoms with Crippen molar-refractivity contribution in [3.05, 3.63) is 151 Å². The highest BCUT2D eigenvalue weighted by molar-refractivity contribution is 6.30. The van der Waals surface area contributed by atoms with Gasteiger partial charge in [0.15, 0.2) is 5.82 Å². The number of furan rings is 1. The Morgan fingerprint density at radius 2 is 1.28 bits per heavy atom. The van der Waals surface area contributed by atoms with Gasteiger partial charge < -0.3 is 4.42 Å². The minimum atomic E-state index is -0.248. The molecule has 222 valence electrons. The lowest BCUT2D eigenvalue weighted by atomic mass is 9.80. The summed E-state index contributed by atoms with van der Waals surface area (Å²) in [5, 5.41) is 4.66. The topological polar surface area (TPSA) is 43.9 Å². The quantitative estimate of drug-likeness (QED) is 0.202. The van der Waals surface area contributed by atoms with E-state index < -0.39 is 0 Å². The first kappa shape index (κ1) is 26.2. The second kappa shape index (κ2) is 9.51. The molecule has 0 spiro atoms. The van der Waals surface area contributed by atoms with Crippen molar-refractivity contribution < 1.29 is 4.42 Å². The maximum atomic E-state index is 6.88. The summed E-state index contributed by atoms with van der Waals surface area (Å²) >= 11 is 0. The van der Waals surface area contributed by atoms with Gasteiger partial charge in [-0.2, -0.15) is 0 Å². The van der Waals surface area contributed by atoms with E-state index in [1.54, 1.807) is 0 Å². The van der Waals surface area contributed by atoms with Crippen molar-refractivity contribution in [3.8, 4) is 39.6 Å². The van der Waals surface area contributed by atoms with Crippen LogP contribution in [0.1, 0.15) is 25.0 Å². The number of nitrogens with zero attached hydrogens (tertiary/aromatic N) is 3. The molecule has 4 heteroatoms. The highest BCUT2D eigenvalue weighted by Gasteiger charge is 2.41. The van der Waals surface area contributed by atoms with Crippen LogP contribution >= 0.6 is 0 Å². The van der Waals surface area contributed by atoms with E-state index in [1.807, 2.05) is 24.3 Å². The third kappa shape index (κ3) is 3.58. The Bertz CT molecular complexity index is 2640. The van der Waals surface area contributed by atoms with Crippen molar-refractivity contribution in [2.24, 2.45) is 0 Å². The fourth-order valence-electron chi connectivity index (χ4n) is 7.95. The molecular weight excluding hydrogens is 574 g/mol. The molecule has 0 saturated heterocycles. The molecule has 9 aromatic rings.